The monoisotopic (exact) mass is 296 g/mol. The third kappa shape index (κ3) is 4.06. The number of aliphatic hydroxyl groups is 1. The summed E-state index contributed by atoms with van der Waals surface area (Å²) in [6.45, 7) is 4.00. The molecule has 2 rings (SSSR count). The topological polar surface area (TPSA) is 46.5 Å². The van der Waals surface area contributed by atoms with Crippen LogP contribution in [0.1, 0.15) is 29.7 Å². The SMILES string of the molecule is CCOC(=O)/C(=C/c1cccc(C)c1)C(O)c1ccccc1. The molecule has 0 aliphatic heterocycles. The first kappa shape index (κ1) is 16.0. The van der Waals surface area contributed by atoms with Gasteiger partial charge in [-0.05, 0) is 31.1 Å². The van der Waals surface area contributed by atoms with E-state index in [0.29, 0.717) is 5.56 Å². The van der Waals surface area contributed by atoms with Crippen LogP contribution in [0.2, 0.25) is 0 Å². The third-order valence-electron chi connectivity index (χ3n) is 3.29. The molecule has 1 atom stereocenters. The predicted molar refractivity (Wildman–Crippen MR) is 87.2 cm³/mol. The molecular formula is C19H20O3. The minimum absolute atomic E-state index is 0.235. The molecular weight excluding hydrogens is 276 g/mol. The van der Waals surface area contributed by atoms with Gasteiger partial charge < -0.3 is 9.84 Å². The van der Waals surface area contributed by atoms with Gasteiger partial charge in [-0.1, -0.05) is 60.2 Å². The molecule has 3 heteroatoms. The Labute approximate surface area is 130 Å². The van der Waals surface area contributed by atoms with Crippen LogP contribution in [0.15, 0.2) is 60.2 Å². The molecule has 22 heavy (non-hydrogen) atoms. The summed E-state index contributed by atoms with van der Waals surface area (Å²) in [5.74, 6) is -0.500. The van der Waals surface area contributed by atoms with E-state index < -0.39 is 12.1 Å². The molecule has 0 aliphatic rings. The lowest BCUT2D eigenvalue weighted by molar-refractivity contribution is -0.139. The largest absolute Gasteiger partial charge is 0.463 e. The molecule has 1 unspecified atom stereocenters. The fourth-order valence-corrected chi connectivity index (χ4v) is 2.22. The van der Waals surface area contributed by atoms with Crippen molar-refractivity contribution in [2.24, 2.45) is 0 Å². The van der Waals surface area contributed by atoms with Crippen LogP contribution in [0.4, 0.5) is 0 Å². The maximum Gasteiger partial charge on any atom is 0.337 e. The highest BCUT2D eigenvalue weighted by Crippen LogP contribution is 2.25. The zero-order valence-corrected chi connectivity index (χ0v) is 12.8. The molecule has 2 aromatic rings. The van der Waals surface area contributed by atoms with Gasteiger partial charge in [0.25, 0.3) is 0 Å². The van der Waals surface area contributed by atoms with Crippen molar-refractivity contribution in [1.82, 2.24) is 0 Å². The Hall–Kier alpha value is -2.39. The van der Waals surface area contributed by atoms with Crippen LogP contribution in [0.5, 0.6) is 0 Å². The van der Waals surface area contributed by atoms with Gasteiger partial charge in [0.15, 0.2) is 0 Å². The second kappa shape index (κ2) is 7.57. The molecule has 0 spiro atoms. The summed E-state index contributed by atoms with van der Waals surface area (Å²) in [7, 11) is 0. The number of aliphatic hydroxyl groups excluding tert-OH is 1. The lowest BCUT2D eigenvalue weighted by Crippen LogP contribution is -2.14. The summed E-state index contributed by atoms with van der Waals surface area (Å²) in [6, 6.07) is 16.8. The molecule has 0 saturated carbocycles. The number of carbonyl (C=O) groups is 1. The summed E-state index contributed by atoms with van der Waals surface area (Å²) in [4.78, 5) is 12.2. The highest BCUT2D eigenvalue weighted by Gasteiger charge is 2.21. The van der Waals surface area contributed by atoms with Crippen LogP contribution in [0, 0.1) is 6.92 Å². The second-order valence-electron chi connectivity index (χ2n) is 5.05. The molecule has 0 bridgehead atoms. The number of ether oxygens (including phenoxy) is 1. The first-order valence-electron chi connectivity index (χ1n) is 7.30. The van der Waals surface area contributed by atoms with Crippen molar-refractivity contribution in [3.8, 4) is 0 Å². The van der Waals surface area contributed by atoms with Crippen LogP contribution in [0.3, 0.4) is 0 Å². The van der Waals surface area contributed by atoms with Crippen LogP contribution in [0.25, 0.3) is 6.08 Å². The van der Waals surface area contributed by atoms with E-state index in [0.717, 1.165) is 11.1 Å². The fourth-order valence-electron chi connectivity index (χ4n) is 2.22. The summed E-state index contributed by atoms with van der Waals surface area (Å²) >= 11 is 0. The van der Waals surface area contributed by atoms with Gasteiger partial charge in [-0.2, -0.15) is 0 Å². The Morgan fingerprint density at radius 3 is 2.55 bits per heavy atom. The number of esters is 1. The lowest BCUT2D eigenvalue weighted by Gasteiger charge is -2.14. The molecule has 1 N–H and O–H groups in total. The van der Waals surface area contributed by atoms with Crippen LogP contribution >= 0.6 is 0 Å². The van der Waals surface area contributed by atoms with E-state index in [1.807, 2.05) is 49.4 Å². The van der Waals surface area contributed by atoms with E-state index >= 15 is 0 Å². The quantitative estimate of drug-likeness (QED) is 0.676. The molecule has 114 valence electrons. The summed E-state index contributed by atoms with van der Waals surface area (Å²) in [5.41, 5.74) is 2.84. The Balaban J connectivity index is 2.40. The number of hydrogen-bond donors (Lipinski definition) is 1. The van der Waals surface area contributed by atoms with Crippen molar-refractivity contribution in [3.05, 3.63) is 76.9 Å². The summed E-state index contributed by atoms with van der Waals surface area (Å²) in [5, 5.41) is 10.5. The van der Waals surface area contributed by atoms with Crippen molar-refractivity contribution >= 4 is 12.0 Å². The first-order valence-corrected chi connectivity index (χ1v) is 7.30. The summed E-state index contributed by atoms with van der Waals surface area (Å²) < 4.78 is 5.08. The number of aryl methyl sites for hydroxylation is 1. The third-order valence-corrected chi connectivity index (χ3v) is 3.29. The molecule has 3 nitrogen and oxygen atoms in total. The molecule has 0 aromatic heterocycles. The van der Waals surface area contributed by atoms with Gasteiger partial charge >= 0.3 is 5.97 Å². The molecule has 0 fully saturated rings. The van der Waals surface area contributed by atoms with E-state index in [-0.39, 0.29) is 12.2 Å². The molecule has 0 aliphatic carbocycles. The van der Waals surface area contributed by atoms with E-state index in [1.54, 1.807) is 25.1 Å². The van der Waals surface area contributed by atoms with Gasteiger partial charge in [0.1, 0.15) is 6.10 Å². The molecule has 0 radical (unpaired) electrons. The highest BCUT2D eigenvalue weighted by atomic mass is 16.5. The number of rotatable bonds is 5. The first-order chi connectivity index (χ1) is 10.6. The summed E-state index contributed by atoms with van der Waals surface area (Å²) in [6.07, 6.45) is 0.670. The van der Waals surface area contributed by atoms with Gasteiger partial charge in [-0.15, -0.1) is 0 Å². The van der Waals surface area contributed by atoms with Crippen molar-refractivity contribution in [2.75, 3.05) is 6.61 Å². The van der Waals surface area contributed by atoms with Gasteiger partial charge in [-0.3, -0.25) is 0 Å². The Morgan fingerprint density at radius 1 is 1.18 bits per heavy atom. The van der Waals surface area contributed by atoms with Crippen LogP contribution in [-0.4, -0.2) is 17.7 Å². The van der Waals surface area contributed by atoms with Crippen molar-refractivity contribution in [3.63, 3.8) is 0 Å². The smallest absolute Gasteiger partial charge is 0.337 e. The number of carbonyl (C=O) groups excluding carboxylic acids is 1. The zero-order chi connectivity index (χ0) is 15.9. The number of benzene rings is 2. The zero-order valence-electron chi connectivity index (χ0n) is 12.8. The fraction of sp³-hybridized carbons (Fsp3) is 0.211. The van der Waals surface area contributed by atoms with Crippen LogP contribution in [-0.2, 0) is 9.53 Å². The van der Waals surface area contributed by atoms with Crippen LogP contribution < -0.4 is 0 Å². The Kier molecular flexibility index (Phi) is 5.50. The predicted octanol–water partition coefficient (Wildman–Crippen LogP) is 3.68. The van der Waals surface area contributed by atoms with Gasteiger partial charge in [0.05, 0.1) is 12.2 Å². The average Bonchev–Trinajstić information content (AvgIpc) is 2.53. The molecule has 0 saturated heterocycles. The van der Waals surface area contributed by atoms with Gasteiger partial charge in [0.2, 0.25) is 0 Å². The minimum atomic E-state index is -1.01. The maximum absolute atomic E-state index is 12.2. The molecule has 2 aromatic carbocycles. The van der Waals surface area contributed by atoms with Crippen molar-refractivity contribution < 1.29 is 14.6 Å². The molecule has 0 heterocycles. The Morgan fingerprint density at radius 2 is 1.91 bits per heavy atom. The maximum atomic E-state index is 12.2. The standard InChI is InChI=1S/C19H20O3/c1-3-22-19(21)17(13-15-9-7-8-14(2)12-15)18(20)16-10-5-4-6-11-16/h4-13,18,20H,3H2,1-2H3/b17-13+. The number of hydrogen-bond acceptors (Lipinski definition) is 3. The van der Waals surface area contributed by atoms with Crippen molar-refractivity contribution in [1.29, 1.82) is 0 Å². The van der Waals surface area contributed by atoms with Crippen molar-refractivity contribution in [2.45, 2.75) is 20.0 Å². The highest BCUT2D eigenvalue weighted by molar-refractivity contribution is 5.95. The van der Waals surface area contributed by atoms with Gasteiger partial charge in [-0.25, -0.2) is 4.79 Å². The van der Waals surface area contributed by atoms with E-state index in [4.69, 9.17) is 4.74 Å². The molecule has 0 amide bonds. The minimum Gasteiger partial charge on any atom is -0.463 e. The lowest BCUT2D eigenvalue weighted by atomic mass is 9.99. The normalized spacial score (nSPS) is 12.8. The van der Waals surface area contributed by atoms with E-state index in [2.05, 4.69) is 0 Å². The second-order valence-corrected chi connectivity index (χ2v) is 5.05. The van der Waals surface area contributed by atoms with E-state index in [9.17, 15) is 9.90 Å². The Bertz CT molecular complexity index is 659. The van der Waals surface area contributed by atoms with Gasteiger partial charge in [0, 0.05) is 0 Å². The average molecular weight is 296 g/mol. The van der Waals surface area contributed by atoms with E-state index in [1.165, 1.54) is 0 Å².